The van der Waals surface area contributed by atoms with Gasteiger partial charge in [0.1, 0.15) is 6.10 Å². The van der Waals surface area contributed by atoms with Crippen LogP contribution < -0.4 is 0 Å². The van der Waals surface area contributed by atoms with E-state index in [0.29, 0.717) is 5.57 Å². The van der Waals surface area contributed by atoms with Crippen LogP contribution in [0.5, 0.6) is 0 Å². The molecule has 0 aromatic rings. The van der Waals surface area contributed by atoms with Crippen molar-refractivity contribution in [1.29, 1.82) is 0 Å². The lowest BCUT2D eigenvalue weighted by atomic mass is 9.32. The number of Topliss-reactive ketones (excluding diaryl/α,β-unsaturated/α-hetero) is 1. The molecule has 0 bridgehead atoms. The van der Waals surface area contributed by atoms with Crippen molar-refractivity contribution in [3.63, 3.8) is 0 Å². The van der Waals surface area contributed by atoms with Crippen molar-refractivity contribution in [3.05, 3.63) is 34.6 Å². The highest BCUT2D eigenvalue weighted by molar-refractivity contribution is 6.06. The van der Waals surface area contributed by atoms with E-state index in [1.165, 1.54) is 0 Å². The molecule has 0 aliphatic heterocycles. The summed E-state index contributed by atoms with van der Waals surface area (Å²) < 4.78 is 0. The van der Waals surface area contributed by atoms with Crippen molar-refractivity contribution in [2.45, 2.75) is 85.9 Å². The average Bonchev–Trinajstić information content (AvgIpc) is 2.75. The maximum Gasteiger partial charge on any atom is 0.220 e. The predicted octanol–water partition coefficient (Wildman–Crippen LogP) is 4.44. The summed E-state index contributed by atoms with van der Waals surface area (Å²) in [5, 5.41) is 33.0. The van der Waals surface area contributed by atoms with Crippen LogP contribution in [0.2, 0.25) is 0 Å². The first-order chi connectivity index (χ1) is 15.2. The summed E-state index contributed by atoms with van der Waals surface area (Å²) in [6, 6.07) is 0. The Bertz CT molecular complexity index is 1050. The van der Waals surface area contributed by atoms with Gasteiger partial charge >= 0.3 is 0 Å². The van der Waals surface area contributed by atoms with Crippen LogP contribution in [0.1, 0.15) is 73.6 Å². The first kappa shape index (κ1) is 23.0. The number of carbonyl (C=O) groups excluding carboxylic acids is 2. The van der Waals surface area contributed by atoms with Crippen molar-refractivity contribution in [1.82, 2.24) is 0 Å². The standard InChI is InChI=1S/C28H38O5/c1-14-11-20-26(4,24(33)21(14)31)8-10-28(6)23-19(30)12-16-15(2)22(32)18(29)13-17(16)25(23,3)7-9-27(20,28)5/h12-14,19-20,23-24,30,32-33H,7-11H2,1-6H3/t14-,19-,20?,23+,24-,25+,26-,27+,28-/m1/s1. The van der Waals surface area contributed by atoms with Crippen LogP contribution >= 0.6 is 0 Å². The van der Waals surface area contributed by atoms with Gasteiger partial charge in [0.2, 0.25) is 5.78 Å². The van der Waals surface area contributed by atoms with Crippen LogP contribution in [-0.4, -0.2) is 39.1 Å². The molecule has 9 atom stereocenters. The molecule has 180 valence electrons. The summed E-state index contributed by atoms with van der Waals surface area (Å²) in [7, 11) is 0. The minimum absolute atomic E-state index is 0.0279. The smallest absolute Gasteiger partial charge is 0.220 e. The molecular formula is C28H38O5. The van der Waals surface area contributed by atoms with Crippen LogP contribution in [-0.2, 0) is 9.59 Å². The zero-order valence-corrected chi connectivity index (χ0v) is 20.7. The molecule has 3 fully saturated rings. The fourth-order valence-corrected chi connectivity index (χ4v) is 9.19. The van der Waals surface area contributed by atoms with Crippen LogP contribution in [0.25, 0.3) is 0 Å². The number of ketones is 2. The summed E-state index contributed by atoms with van der Waals surface area (Å²) in [4.78, 5) is 25.3. The monoisotopic (exact) mass is 454 g/mol. The number of rotatable bonds is 0. The van der Waals surface area contributed by atoms with Crippen molar-refractivity contribution >= 4 is 11.6 Å². The average molecular weight is 455 g/mol. The first-order valence-electron chi connectivity index (χ1n) is 12.5. The SMILES string of the molecule is CC1=C(O)C(=O)C=C2C1=C[C@@H](O)[C@H]1[C@@]2(C)CC[C@@]2(C)C3C[C@@H](C)C(=O)[C@@H](O)[C@]3(C)CC[C@]12C. The molecule has 0 spiro atoms. The van der Waals surface area contributed by atoms with Gasteiger partial charge in [-0.2, -0.15) is 0 Å². The molecule has 0 aromatic heterocycles. The molecule has 0 radical (unpaired) electrons. The van der Waals surface area contributed by atoms with Gasteiger partial charge in [-0.1, -0.05) is 34.6 Å². The molecule has 0 heterocycles. The lowest BCUT2D eigenvalue weighted by Gasteiger charge is -2.72. The Morgan fingerprint density at radius 1 is 0.970 bits per heavy atom. The number of hydrogen-bond acceptors (Lipinski definition) is 5. The number of fused-ring (bicyclic) bond motifs is 7. The fraction of sp³-hybridized carbons (Fsp3) is 0.714. The number of allylic oxidation sites excluding steroid dienone is 4. The number of aliphatic hydroxyl groups excluding tert-OH is 3. The van der Waals surface area contributed by atoms with Gasteiger partial charge in [-0.15, -0.1) is 0 Å². The summed E-state index contributed by atoms with van der Waals surface area (Å²) in [5.41, 5.74) is 1.08. The fourth-order valence-electron chi connectivity index (χ4n) is 9.19. The molecule has 0 saturated heterocycles. The van der Waals surface area contributed by atoms with Crippen LogP contribution in [0.4, 0.5) is 0 Å². The highest BCUT2D eigenvalue weighted by Gasteiger charge is 2.71. The lowest BCUT2D eigenvalue weighted by Crippen LogP contribution is -2.69. The Kier molecular flexibility index (Phi) is 4.67. The van der Waals surface area contributed by atoms with E-state index in [2.05, 4.69) is 27.7 Å². The van der Waals surface area contributed by atoms with Gasteiger partial charge < -0.3 is 15.3 Å². The molecule has 1 unspecified atom stereocenters. The second-order valence-corrected chi connectivity index (χ2v) is 12.7. The summed E-state index contributed by atoms with van der Waals surface area (Å²) in [5.74, 6) is -0.680. The zero-order valence-electron chi connectivity index (χ0n) is 20.7. The van der Waals surface area contributed by atoms with Crippen LogP contribution in [0.15, 0.2) is 34.6 Å². The minimum atomic E-state index is -0.932. The molecule has 5 heteroatoms. The Morgan fingerprint density at radius 2 is 1.61 bits per heavy atom. The topological polar surface area (TPSA) is 94.8 Å². The second-order valence-electron chi connectivity index (χ2n) is 12.7. The maximum atomic E-state index is 12.7. The van der Waals surface area contributed by atoms with E-state index in [1.54, 1.807) is 13.0 Å². The molecule has 5 aliphatic rings. The molecule has 5 nitrogen and oxygen atoms in total. The van der Waals surface area contributed by atoms with E-state index in [-0.39, 0.29) is 45.9 Å². The molecule has 0 aromatic carbocycles. The van der Waals surface area contributed by atoms with Gasteiger partial charge in [-0.3, -0.25) is 9.59 Å². The molecule has 5 aliphatic carbocycles. The van der Waals surface area contributed by atoms with Gasteiger partial charge in [0.15, 0.2) is 11.5 Å². The highest BCUT2D eigenvalue weighted by Crippen LogP contribution is 2.75. The highest BCUT2D eigenvalue weighted by atomic mass is 16.3. The largest absolute Gasteiger partial charge is 0.504 e. The van der Waals surface area contributed by atoms with Crippen molar-refractivity contribution < 1.29 is 24.9 Å². The third kappa shape index (κ3) is 2.56. The molecule has 3 saturated carbocycles. The molecule has 0 amide bonds. The lowest BCUT2D eigenvalue weighted by molar-refractivity contribution is -0.239. The van der Waals surface area contributed by atoms with E-state index in [4.69, 9.17) is 0 Å². The molecule has 33 heavy (non-hydrogen) atoms. The summed E-state index contributed by atoms with van der Waals surface area (Å²) in [6.45, 7) is 12.6. The zero-order chi connectivity index (χ0) is 24.3. The van der Waals surface area contributed by atoms with E-state index in [9.17, 15) is 24.9 Å². The van der Waals surface area contributed by atoms with Gasteiger partial charge in [0.05, 0.1) is 6.10 Å². The number of hydrogen-bond donors (Lipinski definition) is 3. The van der Waals surface area contributed by atoms with Gasteiger partial charge in [0, 0.05) is 22.8 Å². The van der Waals surface area contributed by atoms with E-state index < -0.39 is 23.0 Å². The van der Waals surface area contributed by atoms with E-state index in [1.807, 2.05) is 13.0 Å². The van der Waals surface area contributed by atoms with E-state index >= 15 is 0 Å². The predicted molar refractivity (Wildman–Crippen MR) is 125 cm³/mol. The quantitative estimate of drug-likeness (QED) is 0.503. The number of carbonyl (C=O) groups is 2. The Labute approximate surface area is 196 Å². The maximum absolute atomic E-state index is 12.7. The number of aliphatic hydroxyl groups is 3. The molecule has 3 N–H and O–H groups in total. The van der Waals surface area contributed by atoms with Gasteiger partial charge in [0.25, 0.3) is 0 Å². The first-order valence-corrected chi connectivity index (χ1v) is 12.5. The van der Waals surface area contributed by atoms with Gasteiger partial charge in [-0.05, 0) is 84.5 Å². The van der Waals surface area contributed by atoms with Crippen LogP contribution in [0.3, 0.4) is 0 Å². The molecule has 5 rings (SSSR count). The minimum Gasteiger partial charge on any atom is -0.504 e. The van der Waals surface area contributed by atoms with Crippen molar-refractivity contribution in [2.24, 2.45) is 39.4 Å². The Balaban J connectivity index is 1.65. The summed E-state index contributed by atoms with van der Waals surface area (Å²) >= 11 is 0. The van der Waals surface area contributed by atoms with Crippen molar-refractivity contribution in [2.75, 3.05) is 0 Å². The van der Waals surface area contributed by atoms with Crippen molar-refractivity contribution in [3.8, 4) is 0 Å². The second kappa shape index (κ2) is 6.69. The normalized spacial score (nSPS) is 51.7. The summed E-state index contributed by atoms with van der Waals surface area (Å²) in [6.07, 6.45) is 5.88. The van der Waals surface area contributed by atoms with Crippen LogP contribution in [0, 0.1) is 39.4 Å². The third-order valence-electron chi connectivity index (χ3n) is 11.4. The molecular weight excluding hydrogens is 416 g/mol. The van der Waals surface area contributed by atoms with Gasteiger partial charge in [-0.25, -0.2) is 0 Å². The third-order valence-corrected chi connectivity index (χ3v) is 11.4. The van der Waals surface area contributed by atoms with E-state index in [0.717, 1.165) is 43.3 Å². The Hall–Kier alpha value is -1.72. The Morgan fingerprint density at radius 3 is 2.27 bits per heavy atom.